The second kappa shape index (κ2) is 9.71. The van der Waals surface area contributed by atoms with Crippen molar-refractivity contribution in [3.8, 4) is 0 Å². The molecule has 10 nitrogen and oxygen atoms in total. The lowest BCUT2D eigenvalue weighted by molar-refractivity contribution is -0.128. The van der Waals surface area contributed by atoms with Crippen molar-refractivity contribution in [2.24, 2.45) is 0 Å². The van der Waals surface area contributed by atoms with Gasteiger partial charge in [-0.15, -0.1) is 0 Å². The third-order valence-corrected chi connectivity index (χ3v) is 4.44. The largest absolute Gasteiger partial charge is 0.394 e. The van der Waals surface area contributed by atoms with Gasteiger partial charge >= 0.3 is 0 Å². The lowest BCUT2D eigenvalue weighted by Gasteiger charge is -2.33. The SMILES string of the molecule is COC(Cc1nc2ccccc2[nH]c1=O)[C@@H](NC(C)=O)[C@H](O)C(O)C(O)CO. The van der Waals surface area contributed by atoms with Gasteiger partial charge in [0.05, 0.1) is 29.8 Å². The van der Waals surface area contributed by atoms with Crippen molar-refractivity contribution in [3.05, 3.63) is 40.3 Å². The van der Waals surface area contributed by atoms with Gasteiger partial charge < -0.3 is 35.5 Å². The highest BCUT2D eigenvalue weighted by molar-refractivity contribution is 5.74. The Balaban J connectivity index is 2.34. The Morgan fingerprint density at radius 2 is 1.93 bits per heavy atom. The molecular weight excluding hydrogens is 370 g/mol. The van der Waals surface area contributed by atoms with Crippen LogP contribution in [-0.2, 0) is 16.0 Å². The Hall–Kier alpha value is -2.37. The molecule has 0 saturated heterocycles. The normalized spacial score (nSPS) is 16.9. The number of benzene rings is 1. The minimum atomic E-state index is -1.75. The predicted octanol–water partition coefficient (Wildman–Crippen LogP) is -1.94. The van der Waals surface area contributed by atoms with Crippen molar-refractivity contribution in [1.82, 2.24) is 15.3 Å². The number of hydrogen-bond acceptors (Lipinski definition) is 8. The number of H-pyrrole nitrogens is 1. The molecule has 6 N–H and O–H groups in total. The van der Waals surface area contributed by atoms with Crippen LogP contribution in [-0.4, -0.2) is 80.5 Å². The molecule has 0 aliphatic heterocycles. The maximum absolute atomic E-state index is 12.3. The first kappa shape index (κ1) is 21.9. The van der Waals surface area contributed by atoms with E-state index in [1.54, 1.807) is 24.3 Å². The van der Waals surface area contributed by atoms with Gasteiger partial charge in [0.2, 0.25) is 5.91 Å². The van der Waals surface area contributed by atoms with Crippen LogP contribution in [0.15, 0.2) is 29.1 Å². The summed E-state index contributed by atoms with van der Waals surface area (Å²) in [6, 6.07) is 5.78. The lowest BCUT2D eigenvalue weighted by Crippen LogP contribution is -2.58. The van der Waals surface area contributed by atoms with Gasteiger partial charge in [-0.1, -0.05) is 12.1 Å². The first-order valence-corrected chi connectivity index (χ1v) is 8.71. The smallest absolute Gasteiger partial charge is 0.270 e. The topological polar surface area (TPSA) is 165 Å². The van der Waals surface area contributed by atoms with Gasteiger partial charge in [0, 0.05) is 20.5 Å². The molecule has 28 heavy (non-hydrogen) atoms. The molecule has 3 unspecified atom stereocenters. The van der Waals surface area contributed by atoms with Crippen molar-refractivity contribution in [1.29, 1.82) is 0 Å². The summed E-state index contributed by atoms with van der Waals surface area (Å²) >= 11 is 0. The van der Waals surface area contributed by atoms with Crippen molar-refractivity contribution >= 4 is 16.9 Å². The molecular formula is C18H25N3O7. The monoisotopic (exact) mass is 395 g/mol. The highest BCUT2D eigenvalue weighted by Gasteiger charge is 2.37. The molecule has 2 aromatic rings. The van der Waals surface area contributed by atoms with E-state index in [9.17, 15) is 24.9 Å². The molecule has 1 aromatic carbocycles. The fraction of sp³-hybridized carbons (Fsp3) is 0.500. The highest BCUT2D eigenvalue weighted by Crippen LogP contribution is 2.15. The number of aliphatic hydroxyl groups excluding tert-OH is 4. The summed E-state index contributed by atoms with van der Waals surface area (Å²) in [5, 5.41) is 41.5. The second-order valence-corrected chi connectivity index (χ2v) is 6.47. The molecule has 1 aromatic heterocycles. The van der Waals surface area contributed by atoms with Crippen LogP contribution in [0.25, 0.3) is 11.0 Å². The summed E-state index contributed by atoms with van der Waals surface area (Å²) in [5.74, 6) is -0.517. The zero-order valence-corrected chi connectivity index (χ0v) is 15.6. The van der Waals surface area contributed by atoms with Crippen LogP contribution < -0.4 is 10.9 Å². The van der Waals surface area contributed by atoms with Crippen molar-refractivity contribution in [2.75, 3.05) is 13.7 Å². The Bertz CT molecular complexity index is 856. The minimum absolute atomic E-state index is 0.0827. The summed E-state index contributed by atoms with van der Waals surface area (Å²) in [6.45, 7) is 0.428. The zero-order chi connectivity index (χ0) is 20.8. The van der Waals surface area contributed by atoms with Crippen LogP contribution in [0.1, 0.15) is 12.6 Å². The summed E-state index contributed by atoms with van der Waals surface area (Å²) in [5.41, 5.74) is 0.780. The Labute approximate surface area is 160 Å². The van der Waals surface area contributed by atoms with Crippen LogP contribution in [0.5, 0.6) is 0 Å². The number of nitrogens with one attached hydrogen (secondary N) is 2. The average Bonchev–Trinajstić information content (AvgIpc) is 2.68. The molecule has 0 fully saturated rings. The molecule has 0 saturated carbocycles. The number of aliphatic hydroxyl groups is 4. The van der Waals surface area contributed by atoms with Gasteiger partial charge in [0.25, 0.3) is 5.56 Å². The van der Waals surface area contributed by atoms with E-state index >= 15 is 0 Å². The number of ether oxygens (including phenoxy) is 1. The average molecular weight is 395 g/mol. The van der Waals surface area contributed by atoms with Gasteiger partial charge in [-0.3, -0.25) is 9.59 Å². The van der Waals surface area contributed by atoms with Crippen LogP contribution in [0.2, 0.25) is 0 Å². The Morgan fingerprint density at radius 1 is 1.25 bits per heavy atom. The molecule has 0 bridgehead atoms. The van der Waals surface area contributed by atoms with E-state index < -0.39 is 48.5 Å². The molecule has 0 aliphatic carbocycles. The van der Waals surface area contributed by atoms with Gasteiger partial charge in [-0.25, -0.2) is 4.98 Å². The molecule has 154 valence electrons. The number of aromatic amines is 1. The van der Waals surface area contributed by atoms with E-state index in [2.05, 4.69) is 15.3 Å². The standard InChI is InChI=1S/C18H25N3O7/c1-9(23)19-15(17(26)16(25)13(24)8-22)14(28-2)7-12-18(27)21-11-6-4-3-5-10(11)20-12/h3-6,13-17,22,24-26H,7-8H2,1-2H3,(H,19,23)(H,21,27)/t13?,14?,15-,16?,17+/m1/s1. The van der Waals surface area contributed by atoms with Crippen LogP contribution in [0.4, 0.5) is 0 Å². The van der Waals surface area contributed by atoms with E-state index in [1.165, 1.54) is 14.0 Å². The number of aromatic nitrogens is 2. The number of hydrogen-bond donors (Lipinski definition) is 6. The van der Waals surface area contributed by atoms with Gasteiger partial charge in [0.1, 0.15) is 24.0 Å². The van der Waals surface area contributed by atoms with Gasteiger partial charge in [0.15, 0.2) is 0 Å². The van der Waals surface area contributed by atoms with E-state index in [-0.39, 0.29) is 12.1 Å². The first-order valence-electron chi connectivity index (χ1n) is 8.71. The molecule has 2 rings (SSSR count). The Kier molecular flexibility index (Phi) is 7.61. The van der Waals surface area contributed by atoms with Crippen molar-refractivity contribution in [2.45, 2.75) is 43.8 Å². The van der Waals surface area contributed by atoms with Crippen LogP contribution in [0, 0.1) is 0 Å². The summed E-state index contributed by atoms with van der Waals surface area (Å²) < 4.78 is 5.35. The third kappa shape index (κ3) is 5.12. The number of rotatable bonds is 9. The molecule has 5 atom stereocenters. The summed E-state index contributed by atoms with van der Waals surface area (Å²) in [4.78, 5) is 30.9. The Morgan fingerprint density at radius 3 is 2.54 bits per heavy atom. The van der Waals surface area contributed by atoms with Gasteiger partial charge in [-0.05, 0) is 12.1 Å². The fourth-order valence-electron chi connectivity index (χ4n) is 2.93. The predicted molar refractivity (Wildman–Crippen MR) is 99.6 cm³/mol. The second-order valence-electron chi connectivity index (χ2n) is 6.47. The molecule has 0 aliphatic rings. The molecule has 0 spiro atoms. The number of carbonyl (C=O) groups is 1. The number of methoxy groups -OCH3 is 1. The maximum Gasteiger partial charge on any atom is 0.270 e. The van der Waals surface area contributed by atoms with Crippen molar-refractivity contribution < 1.29 is 30.0 Å². The van der Waals surface area contributed by atoms with E-state index in [0.717, 1.165) is 0 Å². The zero-order valence-electron chi connectivity index (χ0n) is 15.6. The fourth-order valence-corrected chi connectivity index (χ4v) is 2.93. The maximum atomic E-state index is 12.3. The number of amides is 1. The van der Waals surface area contributed by atoms with E-state index in [1.807, 2.05) is 0 Å². The minimum Gasteiger partial charge on any atom is -0.394 e. The number of carbonyl (C=O) groups excluding carboxylic acids is 1. The third-order valence-electron chi connectivity index (χ3n) is 4.44. The quantitative estimate of drug-likeness (QED) is 0.285. The molecule has 0 radical (unpaired) electrons. The van der Waals surface area contributed by atoms with Gasteiger partial charge in [-0.2, -0.15) is 0 Å². The number of nitrogens with zero attached hydrogens (tertiary/aromatic N) is 1. The lowest BCUT2D eigenvalue weighted by atomic mass is 9.94. The van der Waals surface area contributed by atoms with Crippen LogP contribution >= 0.6 is 0 Å². The first-order chi connectivity index (χ1) is 13.3. The van der Waals surface area contributed by atoms with E-state index in [0.29, 0.717) is 11.0 Å². The highest BCUT2D eigenvalue weighted by atomic mass is 16.5. The number of para-hydroxylation sites is 2. The molecule has 1 amide bonds. The summed E-state index contributed by atoms with van der Waals surface area (Å²) in [7, 11) is 1.32. The molecule has 1 heterocycles. The summed E-state index contributed by atoms with van der Waals surface area (Å²) in [6.07, 6.45) is -6.07. The molecule has 10 heteroatoms. The van der Waals surface area contributed by atoms with Crippen LogP contribution in [0.3, 0.4) is 0 Å². The van der Waals surface area contributed by atoms with Crippen molar-refractivity contribution in [3.63, 3.8) is 0 Å². The van der Waals surface area contributed by atoms with E-state index in [4.69, 9.17) is 9.84 Å². The number of fused-ring (bicyclic) bond motifs is 1.